The van der Waals surface area contributed by atoms with Gasteiger partial charge in [-0.05, 0) is 31.7 Å². The van der Waals surface area contributed by atoms with Gasteiger partial charge in [0, 0.05) is 11.6 Å². The van der Waals surface area contributed by atoms with E-state index in [1.807, 2.05) is 30.3 Å². The van der Waals surface area contributed by atoms with Crippen molar-refractivity contribution in [3.05, 3.63) is 35.9 Å². The lowest BCUT2D eigenvalue weighted by molar-refractivity contribution is 0.0861. The van der Waals surface area contributed by atoms with Gasteiger partial charge in [0.25, 0.3) is 0 Å². The van der Waals surface area contributed by atoms with Crippen LogP contribution in [0.1, 0.15) is 36.5 Å². The molecule has 0 aliphatic carbocycles. The van der Waals surface area contributed by atoms with E-state index < -0.39 is 0 Å². The average molecular weight is 229 g/mol. The number of Topliss-reactive ketones (excluding diaryl/α,β-unsaturated/α-hetero) is 1. The van der Waals surface area contributed by atoms with Gasteiger partial charge in [-0.1, -0.05) is 37.3 Å². The first-order valence-corrected chi connectivity index (χ1v) is 6.62. The molecule has 3 atom stereocenters. The maximum Gasteiger partial charge on any atom is 0.179 e. The molecular formula is C15H19NO. The van der Waals surface area contributed by atoms with Crippen LogP contribution in [0.5, 0.6) is 0 Å². The maximum absolute atomic E-state index is 12.5. The van der Waals surface area contributed by atoms with Crippen molar-refractivity contribution in [1.82, 2.24) is 4.90 Å². The molecule has 0 saturated carbocycles. The largest absolute Gasteiger partial charge is 0.292 e. The third kappa shape index (κ3) is 1.81. The number of carbonyl (C=O) groups is 1. The smallest absolute Gasteiger partial charge is 0.179 e. The highest BCUT2D eigenvalue weighted by atomic mass is 16.1. The molecule has 2 fully saturated rings. The molecule has 2 aliphatic rings. The molecule has 0 aromatic heterocycles. The minimum absolute atomic E-state index is 0.146. The summed E-state index contributed by atoms with van der Waals surface area (Å²) in [6.45, 7) is 3.43. The van der Waals surface area contributed by atoms with E-state index in [0.717, 1.165) is 24.4 Å². The lowest BCUT2D eigenvalue weighted by Crippen LogP contribution is -2.38. The molecule has 2 heteroatoms. The molecule has 0 amide bonds. The molecule has 0 spiro atoms. The highest BCUT2D eigenvalue weighted by Crippen LogP contribution is 2.37. The predicted octanol–water partition coefficient (Wildman–Crippen LogP) is 2.74. The van der Waals surface area contributed by atoms with Gasteiger partial charge >= 0.3 is 0 Å². The van der Waals surface area contributed by atoms with E-state index in [9.17, 15) is 4.79 Å². The van der Waals surface area contributed by atoms with Gasteiger partial charge in [-0.15, -0.1) is 0 Å². The number of fused-ring (bicyclic) bond motifs is 1. The molecule has 3 rings (SSSR count). The van der Waals surface area contributed by atoms with Gasteiger partial charge in [0.2, 0.25) is 0 Å². The summed E-state index contributed by atoms with van der Waals surface area (Å²) in [5, 5.41) is 0. The summed E-state index contributed by atoms with van der Waals surface area (Å²) < 4.78 is 0. The maximum atomic E-state index is 12.5. The zero-order chi connectivity index (χ0) is 11.8. The van der Waals surface area contributed by atoms with Crippen LogP contribution in [0.15, 0.2) is 30.3 Å². The second-order valence-corrected chi connectivity index (χ2v) is 5.39. The Morgan fingerprint density at radius 3 is 2.71 bits per heavy atom. The van der Waals surface area contributed by atoms with Gasteiger partial charge in [-0.3, -0.25) is 9.69 Å². The average Bonchev–Trinajstić information content (AvgIpc) is 2.93. The summed E-state index contributed by atoms with van der Waals surface area (Å²) in [7, 11) is 0. The van der Waals surface area contributed by atoms with Crippen LogP contribution in [0.25, 0.3) is 0 Å². The van der Waals surface area contributed by atoms with Crippen LogP contribution >= 0.6 is 0 Å². The molecule has 2 nitrogen and oxygen atoms in total. The number of ketones is 1. The number of hydrogen-bond donors (Lipinski definition) is 0. The van der Waals surface area contributed by atoms with Crippen molar-refractivity contribution >= 4 is 5.78 Å². The Morgan fingerprint density at radius 2 is 1.94 bits per heavy atom. The van der Waals surface area contributed by atoms with Crippen molar-refractivity contribution in [2.24, 2.45) is 5.92 Å². The first-order valence-electron chi connectivity index (χ1n) is 6.62. The fourth-order valence-electron chi connectivity index (χ4n) is 3.45. The third-order valence-corrected chi connectivity index (χ3v) is 4.42. The Labute approximate surface area is 103 Å². The van der Waals surface area contributed by atoms with Gasteiger partial charge in [0.05, 0.1) is 6.04 Å². The molecule has 2 aliphatic heterocycles. The molecule has 1 aromatic rings. The normalized spacial score (nSPS) is 32.6. The summed E-state index contributed by atoms with van der Waals surface area (Å²) in [5.74, 6) is 1.09. The van der Waals surface area contributed by atoms with Crippen LogP contribution < -0.4 is 0 Å². The van der Waals surface area contributed by atoms with Gasteiger partial charge < -0.3 is 0 Å². The standard InChI is InChI=1S/C15H19NO/c1-11-9-10-16-13(11)7-8-14(16)15(17)12-5-3-2-4-6-12/h2-6,11,13-14H,7-10H2,1H3. The lowest BCUT2D eigenvalue weighted by atomic mass is 9.99. The molecule has 90 valence electrons. The summed E-state index contributed by atoms with van der Waals surface area (Å²) in [6.07, 6.45) is 3.50. The van der Waals surface area contributed by atoms with Crippen LogP contribution in [0, 0.1) is 5.92 Å². The highest BCUT2D eigenvalue weighted by molar-refractivity contribution is 6.00. The Balaban J connectivity index is 1.80. The molecule has 2 saturated heterocycles. The van der Waals surface area contributed by atoms with Gasteiger partial charge in [-0.2, -0.15) is 0 Å². The van der Waals surface area contributed by atoms with Crippen LogP contribution in [0.3, 0.4) is 0 Å². The fourth-order valence-corrected chi connectivity index (χ4v) is 3.45. The topological polar surface area (TPSA) is 20.3 Å². The molecule has 1 aromatic carbocycles. The molecular weight excluding hydrogens is 210 g/mol. The Morgan fingerprint density at radius 1 is 1.18 bits per heavy atom. The van der Waals surface area contributed by atoms with E-state index in [2.05, 4.69) is 11.8 Å². The van der Waals surface area contributed by atoms with Crippen LogP contribution in [0.4, 0.5) is 0 Å². The monoisotopic (exact) mass is 229 g/mol. The Kier molecular flexibility index (Phi) is 2.75. The van der Waals surface area contributed by atoms with E-state index in [-0.39, 0.29) is 6.04 Å². The summed E-state index contributed by atoms with van der Waals surface area (Å²) >= 11 is 0. The highest BCUT2D eigenvalue weighted by Gasteiger charge is 2.43. The van der Waals surface area contributed by atoms with Gasteiger partial charge in [0.15, 0.2) is 5.78 Å². The molecule has 0 radical (unpaired) electrons. The first kappa shape index (κ1) is 11.0. The number of carbonyl (C=O) groups excluding carboxylic acids is 1. The fraction of sp³-hybridized carbons (Fsp3) is 0.533. The minimum Gasteiger partial charge on any atom is -0.292 e. The van der Waals surface area contributed by atoms with Crippen LogP contribution in [-0.2, 0) is 0 Å². The molecule has 0 N–H and O–H groups in total. The Hall–Kier alpha value is -1.15. The minimum atomic E-state index is 0.146. The first-order chi connectivity index (χ1) is 8.27. The second kappa shape index (κ2) is 4.26. The quantitative estimate of drug-likeness (QED) is 0.727. The number of hydrogen-bond acceptors (Lipinski definition) is 2. The van der Waals surface area contributed by atoms with E-state index in [4.69, 9.17) is 0 Å². The van der Waals surface area contributed by atoms with Crippen molar-refractivity contribution in [2.45, 2.75) is 38.3 Å². The SMILES string of the molecule is CC1CCN2C(C(=O)c3ccccc3)CCC12. The van der Waals surface area contributed by atoms with Crippen LogP contribution in [0.2, 0.25) is 0 Å². The lowest BCUT2D eigenvalue weighted by Gasteiger charge is -2.23. The zero-order valence-electron chi connectivity index (χ0n) is 10.3. The predicted molar refractivity (Wildman–Crippen MR) is 68.1 cm³/mol. The van der Waals surface area contributed by atoms with Crippen molar-refractivity contribution in [3.63, 3.8) is 0 Å². The van der Waals surface area contributed by atoms with Crippen molar-refractivity contribution < 1.29 is 4.79 Å². The molecule has 17 heavy (non-hydrogen) atoms. The zero-order valence-corrected chi connectivity index (χ0v) is 10.3. The summed E-state index contributed by atoms with van der Waals surface area (Å²) in [6, 6.07) is 10.6. The van der Waals surface area contributed by atoms with Crippen LogP contribution in [-0.4, -0.2) is 29.3 Å². The molecule has 2 heterocycles. The molecule has 0 bridgehead atoms. The third-order valence-electron chi connectivity index (χ3n) is 4.42. The van der Waals surface area contributed by atoms with E-state index in [1.54, 1.807) is 0 Å². The Bertz CT molecular complexity index is 414. The number of benzene rings is 1. The number of nitrogens with zero attached hydrogens (tertiary/aromatic N) is 1. The van der Waals surface area contributed by atoms with E-state index in [1.165, 1.54) is 12.8 Å². The number of rotatable bonds is 2. The van der Waals surface area contributed by atoms with Gasteiger partial charge in [-0.25, -0.2) is 0 Å². The summed E-state index contributed by atoms with van der Waals surface area (Å²) in [5.41, 5.74) is 0.873. The van der Waals surface area contributed by atoms with Crippen molar-refractivity contribution in [2.75, 3.05) is 6.54 Å². The summed E-state index contributed by atoms with van der Waals surface area (Å²) in [4.78, 5) is 14.9. The second-order valence-electron chi connectivity index (χ2n) is 5.39. The van der Waals surface area contributed by atoms with Gasteiger partial charge in [0.1, 0.15) is 0 Å². The molecule has 3 unspecified atom stereocenters. The van der Waals surface area contributed by atoms with Crippen molar-refractivity contribution in [3.8, 4) is 0 Å². The van der Waals surface area contributed by atoms with E-state index >= 15 is 0 Å². The van der Waals surface area contributed by atoms with E-state index in [0.29, 0.717) is 11.8 Å². The van der Waals surface area contributed by atoms with Crippen molar-refractivity contribution in [1.29, 1.82) is 0 Å².